The summed E-state index contributed by atoms with van der Waals surface area (Å²) in [5.41, 5.74) is 6.60. The van der Waals surface area contributed by atoms with Crippen LogP contribution in [0.1, 0.15) is 35.3 Å². The first kappa shape index (κ1) is 30.7. The first-order valence-electron chi connectivity index (χ1n) is 11.7. The van der Waals surface area contributed by atoms with Crippen LogP contribution in [0.5, 0.6) is 5.75 Å². The van der Waals surface area contributed by atoms with Crippen LogP contribution in [0.2, 0.25) is 0 Å². The van der Waals surface area contributed by atoms with Gasteiger partial charge in [-0.15, -0.1) is 0 Å². The molecular weight excluding hydrogens is 522 g/mol. The average molecular weight is 550 g/mol. The molecule has 0 saturated carbocycles. The number of imide groups is 1. The molecule has 0 aliphatic rings. The number of esters is 3. The second kappa shape index (κ2) is 15.0. The van der Waals surface area contributed by atoms with Crippen LogP contribution in [0.3, 0.4) is 0 Å². The van der Waals surface area contributed by atoms with Crippen LogP contribution in [0.25, 0.3) is 6.08 Å². The van der Waals surface area contributed by atoms with E-state index in [1.165, 1.54) is 55.5 Å². The zero-order valence-electron chi connectivity index (χ0n) is 21.7. The van der Waals surface area contributed by atoms with E-state index in [0.29, 0.717) is 16.0 Å². The predicted octanol–water partition coefficient (Wildman–Crippen LogP) is 3.96. The molecule has 2 amide bonds. The summed E-state index contributed by atoms with van der Waals surface area (Å²) in [6, 6.07) is 12.1. The van der Waals surface area contributed by atoms with E-state index in [-0.39, 0.29) is 35.9 Å². The maximum absolute atomic E-state index is 12.5. The maximum atomic E-state index is 12.5. The minimum absolute atomic E-state index is 0.0111. The average Bonchev–Trinajstić information content (AvgIpc) is 2.92. The molecule has 0 atom stereocenters. The van der Waals surface area contributed by atoms with Gasteiger partial charge in [0, 0.05) is 23.4 Å². The molecular formula is C28H27N3O9. The summed E-state index contributed by atoms with van der Waals surface area (Å²) in [6.07, 6.45) is 1.57. The van der Waals surface area contributed by atoms with Crippen LogP contribution in [0.15, 0.2) is 79.0 Å². The lowest BCUT2D eigenvalue weighted by atomic mass is 10.1. The van der Waals surface area contributed by atoms with Gasteiger partial charge in [-0.1, -0.05) is 24.8 Å². The van der Waals surface area contributed by atoms with E-state index in [9.17, 15) is 24.0 Å². The highest BCUT2D eigenvalue weighted by Gasteiger charge is 2.25. The van der Waals surface area contributed by atoms with Gasteiger partial charge in [-0.05, 0) is 61.9 Å². The highest BCUT2D eigenvalue weighted by atomic mass is 16.6. The van der Waals surface area contributed by atoms with E-state index >= 15 is 0 Å². The zero-order chi connectivity index (χ0) is 29.7. The summed E-state index contributed by atoms with van der Waals surface area (Å²) >= 11 is 0. The Labute approximate surface area is 229 Å². The molecule has 0 aromatic heterocycles. The largest absolute Gasteiger partial charge is 0.463 e. The quantitative estimate of drug-likeness (QED) is 0.0645. The Bertz CT molecular complexity index is 1340. The van der Waals surface area contributed by atoms with Gasteiger partial charge in [0.2, 0.25) is 0 Å². The highest BCUT2D eigenvalue weighted by molar-refractivity contribution is 6.02. The number of nitrogens with two attached hydrogens (primary N) is 1. The van der Waals surface area contributed by atoms with Crippen molar-refractivity contribution in [3.05, 3.63) is 95.7 Å². The number of amidine groups is 1. The van der Waals surface area contributed by atoms with Crippen LogP contribution in [0.4, 0.5) is 9.59 Å². The number of nitrogen functional groups attached to an aromatic ring is 1. The lowest BCUT2D eigenvalue weighted by molar-refractivity contribution is -0.137. The molecule has 2 aromatic rings. The SMILES string of the molecule is C=CCOC(=O)N(C=CC(=O)OCC)C(=O)OC(=O)C(C)=Cc1ccc(C(=O)Oc2ccc(C(=N)N)cc2)cc1. The van der Waals surface area contributed by atoms with E-state index in [0.717, 1.165) is 12.3 Å². The highest BCUT2D eigenvalue weighted by Crippen LogP contribution is 2.16. The number of nitrogens with zero attached hydrogens (tertiary/aromatic N) is 1. The Balaban J connectivity index is 2.07. The van der Waals surface area contributed by atoms with Crippen LogP contribution in [0, 0.1) is 5.41 Å². The van der Waals surface area contributed by atoms with E-state index in [2.05, 4.69) is 6.58 Å². The van der Waals surface area contributed by atoms with Crippen molar-refractivity contribution in [3.8, 4) is 5.75 Å². The predicted molar refractivity (Wildman–Crippen MR) is 143 cm³/mol. The minimum Gasteiger partial charge on any atom is -0.463 e. The number of carbonyl (C=O) groups excluding carboxylic acids is 5. The molecule has 0 aliphatic heterocycles. The summed E-state index contributed by atoms with van der Waals surface area (Å²) in [7, 11) is 0. The topological polar surface area (TPSA) is 175 Å². The number of hydrogen-bond donors (Lipinski definition) is 2. The summed E-state index contributed by atoms with van der Waals surface area (Å²) in [6.45, 7) is 6.16. The van der Waals surface area contributed by atoms with Gasteiger partial charge in [0.15, 0.2) is 0 Å². The van der Waals surface area contributed by atoms with Gasteiger partial charge in [0.25, 0.3) is 0 Å². The summed E-state index contributed by atoms with van der Waals surface area (Å²) in [4.78, 5) is 61.4. The number of benzene rings is 2. The maximum Gasteiger partial charge on any atom is 0.431 e. The molecule has 0 fully saturated rings. The smallest absolute Gasteiger partial charge is 0.431 e. The number of amides is 2. The van der Waals surface area contributed by atoms with Gasteiger partial charge >= 0.3 is 30.1 Å². The molecule has 0 saturated heterocycles. The Kier molecular flexibility index (Phi) is 11.5. The third-order valence-electron chi connectivity index (χ3n) is 4.77. The lowest BCUT2D eigenvalue weighted by Gasteiger charge is -2.15. The molecule has 12 heteroatoms. The third-order valence-corrected chi connectivity index (χ3v) is 4.77. The summed E-state index contributed by atoms with van der Waals surface area (Å²) in [5.74, 6) is -2.39. The standard InChI is InChI=1S/C28H27N3O9/c1-4-16-38-27(35)31(15-14-23(32)37-5-2)28(36)40-25(33)18(3)17-19-6-8-21(9-7-19)26(34)39-22-12-10-20(11-13-22)24(29)30/h4,6-15,17H,1,5,16H2,2-3H3,(H3,29,30). The van der Waals surface area contributed by atoms with E-state index in [4.69, 9.17) is 30.1 Å². The van der Waals surface area contributed by atoms with Crippen LogP contribution in [-0.2, 0) is 23.8 Å². The van der Waals surface area contributed by atoms with Crippen molar-refractivity contribution in [2.45, 2.75) is 13.8 Å². The monoisotopic (exact) mass is 549 g/mol. The Hall–Kier alpha value is -5.52. The van der Waals surface area contributed by atoms with Crippen LogP contribution >= 0.6 is 0 Å². The van der Waals surface area contributed by atoms with Gasteiger partial charge in [-0.2, -0.15) is 4.90 Å². The first-order chi connectivity index (χ1) is 19.0. The van der Waals surface area contributed by atoms with Gasteiger partial charge < -0.3 is 24.7 Å². The first-order valence-corrected chi connectivity index (χ1v) is 11.7. The van der Waals surface area contributed by atoms with Crippen molar-refractivity contribution >= 4 is 42.0 Å². The Morgan fingerprint density at radius 2 is 1.57 bits per heavy atom. The van der Waals surface area contributed by atoms with Gasteiger partial charge in [0.05, 0.1) is 12.2 Å². The molecule has 0 heterocycles. The van der Waals surface area contributed by atoms with Crippen LogP contribution in [-0.4, -0.2) is 54.0 Å². The number of hydrogen-bond acceptors (Lipinski definition) is 10. The third kappa shape index (κ3) is 9.41. The van der Waals surface area contributed by atoms with Gasteiger partial charge in [-0.3, -0.25) is 5.41 Å². The molecule has 0 radical (unpaired) electrons. The van der Waals surface area contributed by atoms with E-state index in [1.54, 1.807) is 19.1 Å². The fourth-order valence-corrected chi connectivity index (χ4v) is 2.82. The number of rotatable bonds is 10. The molecule has 0 aliphatic carbocycles. The van der Waals surface area contributed by atoms with Crippen molar-refractivity contribution in [2.24, 2.45) is 5.73 Å². The second-order valence-electron chi connectivity index (χ2n) is 7.74. The Morgan fingerprint density at radius 1 is 0.950 bits per heavy atom. The molecule has 0 unspecified atom stereocenters. The van der Waals surface area contributed by atoms with Crippen LogP contribution < -0.4 is 10.5 Å². The fourth-order valence-electron chi connectivity index (χ4n) is 2.82. The van der Waals surface area contributed by atoms with Crippen molar-refractivity contribution in [2.75, 3.05) is 13.2 Å². The Morgan fingerprint density at radius 3 is 2.15 bits per heavy atom. The number of nitrogens with one attached hydrogen (secondary N) is 1. The number of carbonyl (C=O) groups is 5. The molecule has 40 heavy (non-hydrogen) atoms. The fraction of sp³-hybridized carbons (Fsp3) is 0.143. The van der Waals surface area contributed by atoms with Crippen molar-refractivity contribution < 1.29 is 42.9 Å². The molecule has 2 aromatic carbocycles. The summed E-state index contributed by atoms with van der Waals surface area (Å²) in [5, 5.41) is 7.39. The molecule has 0 bridgehead atoms. The van der Waals surface area contributed by atoms with Crippen molar-refractivity contribution in [1.82, 2.24) is 4.90 Å². The summed E-state index contributed by atoms with van der Waals surface area (Å²) < 4.78 is 19.5. The number of ether oxygens (including phenoxy) is 4. The minimum atomic E-state index is -1.42. The van der Waals surface area contributed by atoms with E-state index < -0.39 is 30.1 Å². The van der Waals surface area contributed by atoms with Crippen molar-refractivity contribution in [3.63, 3.8) is 0 Å². The zero-order valence-corrected chi connectivity index (χ0v) is 21.7. The molecule has 3 N–H and O–H groups in total. The van der Waals surface area contributed by atoms with Gasteiger partial charge in [-0.25, -0.2) is 24.0 Å². The second-order valence-corrected chi connectivity index (χ2v) is 7.74. The molecule has 0 spiro atoms. The van der Waals surface area contributed by atoms with Gasteiger partial charge in [0.1, 0.15) is 18.2 Å². The molecule has 208 valence electrons. The van der Waals surface area contributed by atoms with Crippen molar-refractivity contribution in [1.29, 1.82) is 5.41 Å². The van der Waals surface area contributed by atoms with E-state index in [1.807, 2.05) is 0 Å². The molecule has 12 nitrogen and oxygen atoms in total. The molecule has 2 rings (SSSR count). The normalized spacial score (nSPS) is 10.8. The lowest BCUT2D eigenvalue weighted by Crippen LogP contribution is -2.35.